The highest BCUT2D eigenvalue weighted by atomic mass is 16.6. The van der Waals surface area contributed by atoms with E-state index < -0.39 is 12.3 Å². The lowest BCUT2D eigenvalue weighted by atomic mass is 10.1. The number of fused-ring (bicyclic) bond motifs is 1. The van der Waals surface area contributed by atoms with Gasteiger partial charge in [0.25, 0.3) is 0 Å². The van der Waals surface area contributed by atoms with Crippen LogP contribution in [0.15, 0.2) is 73.7 Å². The van der Waals surface area contributed by atoms with Crippen molar-refractivity contribution in [2.45, 2.75) is 32.6 Å². The van der Waals surface area contributed by atoms with E-state index >= 15 is 0 Å². The number of amides is 2. The molecule has 0 unspecified atom stereocenters. The number of methoxy groups -OCH3 is 1. The number of aromatic nitrogens is 3. The van der Waals surface area contributed by atoms with Gasteiger partial charge >= 0.3 is 6.09 Å². The predicted molar refractivity (Wildman–Crippen MR) is 154 cm³/mol. The maximum atomic E-state index is 12.8. The minimum atomic E-state index is -0.709. The fourth-order valence-corrected chi connectivity index (χ4v) is 4.60. The molecular weight excluding hydrogens is 524 g/mol. The van der Waals surface area contributed by atoms with Gasteiger partial charge < -0.3 is 24.4 Å². The lowest BCUT2D eigenvalue weighted by Gasteiger charge is -2.23. The molecule has 2 aromatic heterocycles. The molecule has 1 atom stereocenters. The first-order valence-electron chi connectivity index (χ1n) is 13.1. The van der Waals surface area contributed by atoms with Gasteiger partial charge in [-0.2, -0.15) is 0 Å². The van der Waals surface area contributed by atoms with Gasteiger partial charge in [-0.05, 0) is 61.4 Å². The first-order chi connectivity index (χ1) is 19.9. The molecule has 4 aromatic rings. The molecule has 41 heavy (non-hydrogen) atoms. The van der Waals surface area contributed by atoms with E-state index in [-0.39, 0.29) is 5.91 Å². The first-order valence-corrected chi connectivity index (χ1v) is 13.1. The number of hydrogen-bond donors (Lipinski definition) is 2. The van der Waals surface area contributed by atoms with Crippen LogP contribution in [-0.2, 0) is 16.1 Å². The number of aryl methyl sites for hydroxylation is 1. The zero-order valence-corrected chi connectivity index (χ0v) is 22.8. The quantitative estimate of drug-likeness (QED) is 0.263. The summed E-state index contributed by atoms with van der Waals surface area (Å²) in [5.41, 5.74) is 3.56. The zero-order chi connectivity index (χ0) is 28.8. The van der Waals surface area contributed by atoms with E-state index in [0.29, 0.717) is 47.7 Å². The number of carbonyl (C=O) groups excluding carboxylic acids is 2. The molecule has 11 heteroatoms. The molecule has 2 aromatic carbocycles. The molecule has 2 N–H and O–H groups in total. The van der Waals surface area contributed by atoms with Crippen LogP contribution in [0.5, 0.6) is 11.5 Å². The van der Waals surface area contributed by atoms with E-state index in [4.69, 9.17) is 14.2 Å². The minimum absolute atomic E-state index is 0.278. The van der Waals surface area contributed by atoms with Gasteiger partial charge in [-0.25, -0.2) is 14.8 Å². The molecule has 0 saturated carbocycles. The summed E-state index contributed by atoms with van der Waals surface area (Å²) in [6.07, 6.45) is 4.32. The largest absolute Gasteiger partial charge is 0.494 e. The molecule has 0 bridgehead atoms. The molecule has 210 valence electrons. The van der Waals surface area contributed by atoms with Gasteiger partial charge in [0.2, 0.25) is 5.91 Å². The van der Waals surface area contributed by atoms with Gasteiger partial charge in [0.05, 0.1) is 24.0 Å². The molecule has 2 amide bonds. The number of pyridine rings is 1. The molecule has 1 aliphatic rings. The van der Waals surface area contributed by atoms with Gasteiger partial charge in [-0.15, -0.1) is 0 Å². The second-order valence-electron chi connectivity index (χ2n) is 9.37. The molecule has 5 rings (SSSR count). The standard InChI is InChI=1S/C30H30N6O5/c1-4-27(37)36-13-7-9-28(36)41-30(38)35-24-15-22-23(16-26(24)39-3)32-18-33-29(22)34-20-10-11-25(19(2)14-20)40-17-21-8-5-6-12-31-21/h4-6,8,10-12,14-16,18,28H,1,7,9,13,17H2,2-3H3,(H,35,38)(H,32,33,34)/t28-/m0/s1. The summed E-state index contributed by atoms with van der Waals surface area (Å²) in [4.78, 5) is 39.4. The number of nitrogens with one attached hydrogen (secondary N) is 2. The molecule has 0 aliphatic carbocycles. The molecule has 0 spiro atoms. The summed E-state index contributed by atoms with van der Waals surface area (Å²) in [5, 5.41) is 6.72. The van der Waals surface area contributed by atoms with Crippen LogP contribution in [-0.4, -0.2) is 51.7 Å². The second kappa shape index (κ2) is 12.3. The smallest absolute Gasteiger partial charge is 0.413 e. The zero-order valence-electron chi connectivity index (χ0n) is 22.8. The summed E-state index contributed by atoms with van der Waals surface area (Å²) in [6, 6.07) is 14.9. The molecular formula is C30H30N6O5. The summed E-state index contributed by atoms with van der Waals surface area (Å²) in [7, 11) is 1.50. The van der Waals surface area contributed by atoms with Crippen LogP contribution in [0.1, 0.15) is 24.1 Å². The van der Waals surface area contributed by atoms with E-state index in [2.05, 4.69) is 32.2 Å². The van der Waals surface area contributed by atoms with Crippen LogP contribution in [0.3, 0.4) is 0 Å². The number of hydrogen-bond acceptors (Lipinski definition) is 9. The topological polar surface area (TPSA) is 128 Å². The Balaban J connectivity index is 1.33. The van der Waals surface area contributed by atoms with Gasteiger partial charge in [-0.3, -0.25) is 15.1 Å². The van der Waals surface area contributed by atoms with Crippen LogP contribution in [0, 0.1) is 6.92 Å². The number of carbonyl (C=O) groups is 2. The molecule has 3 heterocycles. The van der Waals surface area contributed by atoms with Crippen LogP contribution in [0.25, 0.3) is 10.9 Å². The Bertz CT molecular complexity index is 1580. The molecule has 1 aliphatic heterocycles. The van der Waals surface area contributed by atoms with Crippen LogP contribution < -0.4 is 20.1 Å². The third-order valence-corrected chi connectivity index (χ3v) is 6.63. The Morgan fingerprint density at radius 2 is 2.00 bits per heavy atom. The minimum Gasteiger partial charge on any atom is -0.494 e. The highest BCUT2D eigenvalue weighted by molar-refractivity contribution is 5.98. The average molecular weight is 555 g/mol. The van der Waals surface area contributed by atoms with Crippen molar-refractivity contribution in [2.75, 3.05) is 24.3 Å². The van der Waals surface area contributed by atoms with Crippen molar-refractivity contribution >= 4 is 40.1 Å². The van der Waals surface area contributed by atoms with Gasteiger partial charge in [0.1, 0.15) is 30.3 Å². The third-order valence-electron chi connectivity index (χ3n) is 6.63. The van der Waals surface area contributed by atoms with Crippen molar-refractivity contribution in [2.24, 2.45) is 0 Å². The van der Waals surface area contributed by atoms with Gasteiger partial charge in [-0.1, -0.05) is 12.6 Å². The van der Waals surface area contributed by atoms with E-state index in [0.717, 1.165) is 29.1 Å². The highest BCUT2D eigenvalue weighted by Crippen LogP contribution is 2.34. The number of rotatable bonds is 9. The first kappa shape index (κ1) is 27.4. The number of nitrogens with zero attached hydrogens (tertiary/aromatic N) is 4. The van der Waals surface area contributed by atoms with E-state index in [1.807, 2.05) is 43.3 Å². The van der Waals surface area contributed by atoms with Crippen LogP contribution in [0.2, 0.25) is 0 Å². The Hall–Kier alpha value is -5.19. The van der Waals surface area contributed by atoms with E-state index in [9.17, 15) is 9.59 Å². The van der Waals surface area contributed by atoms with Crippen molar-refractivity contribution in [3.05, 3.63) is 85.0 Å². The Labute approximate surface area is 237 Å². The number of ether oxygens (including phenoxy) is 3. The summed E-state index contributed by atoms with van der Waals surface area (Å²) >= 11 is 0. The summed E-state index contributed by atoms with van der Waals surface area (Å²) < 4.78 is 17.0. The van der Waals surface area contributed by atoms with Crippen molar-refractivity contribution in [1.29, 1.82) is 0 Å². The third kappa shape index (κ3) is 6.35. The normalized spacial score (nSPS) is 14.4. The Morgan fingerprint density at radius 3 is 2.76 bits per heavy atom. The van der Waals surface area contributed by atoms with Gasteiger partial charge in [0, 0.05) is 36.3 Å². The van der Waals surface area contributed by atoms with E-state index in [1.54, 1.807) is 18.3 Å². The number of benzene rings is 2. The Morgan fingerprint density at radius 1 is 1.12 bits per heavy atom. The monoisotopic (exact) mass is 554 g/mol. The molecule has 1 saturated heterocycles. The molecule has 0 radical (unpaired) electrons. The van der Waals surface area contributed by atoms with Gasteiger partial charge in [0.15, 0.2) is 6.23 Å². The fourth-order valence-electron chi connectivity index (χ4n) is 4.60. The van der Waals surface area contributed by atoms with Crippen LogP contribution >= 0.6 is 0 Å². The van der Waals surface area contributed by atoms with Crippen molar-refractivity contribution < 1.29 is 23.8 Å². The van der Waals surface area contributed by atoms with Crippen LogP contribution in [0.4, 0.5) is 22.0 Å². The van der Waals surface area contributed by atoms with Crippen molar-refractivity contribution in [3.8, 4) is 11.5 Å². The number of anilines is 3. The maximum Gasteiger partial charge on any atom is 0.413 e. The molecule has 1 fully saturated rings. The SMILES string of the molecule is C=CC(=O)N1CCC[C@@H]1OC(=O)Nc1cc2c(Nc3ccc(OCc4ccccn4)c(C)c3)ncnc2cc1OC. The average Bonchev–Trinajstić information content (AvgIpc) is 3.44. The maximum absolute atomic E-state index is 12.8. The lowest BCUT2D eigenvalue weighted by Crippen LogP contribution is -2.38. The molecule has 11 nitrogen and oxygen atoms in total. The lowest BCUT2D eigenvalue weighted by molar-refractivity contribution is -0.132. The number of likely N-dealkylation sites (tertiary alicyclic amines) is 1. The van der Waals surface area contributed by atoms with Crippen molar-refractivity contribution in [1.82, 2.24) is 19.9 Å². The Kier molecular flexibility index (Phi) is 8.23. The van der Waals surface area contributed by atoms with Crippen molar-refractivity contribution in [3.63, 3.8) is 0 Å². The highest BCUT2D eigenvalue weighted by Gasteiger charge is 2.30. The second-order valence-corrected chi connectivity index (χ2v) is 9.37. The predicted octanol–water partition coefficient (Wildman–Crippen LogP) is 5.35. The summed E-state index contributed by atoms with van der Waals surface area (Å²) in [6.45, 7) is 6.35. The summed E-state index contributed by atoms with van der Waals surface area (Å²) in [5.74, 6) is 1.41. The fraction of sp³-hybridized carbons (Fsp3) is 0.233. The van der Waals surface area contributed by atoms with E-state index in [1.165, 1.54) is 24.4 Å².